The van der Waals surface area contributed by atoms with Crippen molar-refractivity contribution in [3.63, 3.8) is 0 Å². The van der Waals surface area contributed by atoms with Gasteiger partial charge in [0.05, 0.1) is 13.5 Å². The van der Waals surface area contributed by atoms with Crippen molar-refractivity contribution in [3.8, 4) is 11.5 Å². The Bertz CT molecular complexity index is 783. The summed E-state index contributed by atoms with van der Waals surface area (Å²) in [5, 5.41) is 15.9. The first-order valence-corrected chi connectivity index (χ1v) is 8.00. The summed E-state index contributed by atoms with van der Waals surface area (Å²) in [5.41, 5.74) is 4.18. The zero-order valence-electron chi connectivity index (χ0n) is 14.7. The minimum absolute atomic E-state index is 0.0754. The molecule has 2 amide bonds. The smallest absolute Gasteiger partial charge is 0.271 e. The van der Waals surface area contributed by atoms with Crippen LogP contribution < -0.4 is 15.5 Å². The fourth-order valence-corrected chi connectivity index (χ4v) is 2.10. The van der Waals surface area contributed by atoms with Crippen LogP contribution in [0.2, 0.25) is 0 Å². The van der Waals surface area contributed by atoms with Crippen molar-refractivity contribution in [2.45, 2.75) is 19.9 Å². The van der Waals surface area contributed by atoms with Crippen molar-refractivity contribution in [1.29, 1.82) is 0 Å². The van der Waals surface area contributed by atoms with Crippen molar-refractivity contribution in [3.05, 3.63) is 59.7 Å². The van der Waals surface area contributed by atoms with E-state index in [-0.39, 0.29) is 18.1 Å². The highest BCUT2D eigenvalue weighted by Gasteiger charge is 2.07. The minimum Gasteiger partial charge on any atom is -0.508 e. The molecule has 0 aliphatic carbocycles. The molecule has 2 aromatic carbocycles. The van der Waals surface area contributed by atoms with Crippen molar-refractivity contribution in [2.24, 2.45) is 5.10 Å². The Kier molecular flexibility index (Phi) is 6.73. The Morgan fingerprint density at radius 3 is 2.35 bits per heavy atom. The van der Waals surface area contributed by atoms with Crippen LogP contribution in [0.15, 0.2) is 53.6 Å². The summed E-state index contributed by atoms with van der Waals surface area (Å²) < 4.78 is 5.08. The Labute approximate surface area is 151 Å². The molecule has 7 nitrogen and oxygen atoms in total. The quantitative estimate of drug-likeness (QED) is 0.524. The number of ether oxygens (including phenoxy) is 1. The first kappa shape index (κ1) is 19.0. The zero-order chi connectivity index (χ0) is 18.9. The van der Waals surface area contributed by atoms with Gasteiger partial charge in [0.2, 0.25) is 5.91 Å². The number of phenolic OH excluding ortho intramolecular Hbond substituents is 1. The van der Waals surface area contributed by atoms with E-state index in [1.807, 2.05) is 24.3 Å². The Morgan fingerprint density at radius 2 is 1.73 bits per heavy atom. The lowest BCUT2D eigenvalue weighted by Crippen LogP contribution is -2.26. The predicted molar refractivity (Wildman–Crippen MR) is 98.1 cm³/mol. The molecule has 0 aromatic heterocycles. The fourth-order valence-electron chi connectivity index (χ4n) is 2.10. The van der Waals surface area contributed by atoms with E-state index >= 15 is 0 Å². The molecule has 0 fully saturated rings. The molecule has 2 rings (SSSR count). The van der Waals surface area contributed by atoms with Gasteiger partial charge in [-0.3, -0.25) is 9.59 Å². The third-order valence-electron chi connectivity index (χ3n) is 3.54. The van der Waals surface area contributed by atoms with Gasteiger partial charge in [0.1, 0.15) is 11.5 Å². The van der Waals surface area contributed by atoms with Gasteiger partial charge in [-0.2, -0.15) is 5.10 Å². The Hall–Kier alpha value is -3.35. The number of aromatic hydroxyl groups is 1. The molecule has 26 heavy (non-hydrogen) atoms. The first-order valence-electron chi connectivity index (χ1n) is 8.00. The zero-order valence-corrected chi connectivity index (χ0v) is 14.7. The highest BCUT2D eigenvalue weighted by molar-refractivity contribution is 6.01. The average molecular weight is 355 g/mol. The maximum Gasteiger partial charge on any atom is 0.271 e. The van der Waals surface area contributed by atoms with Gasteiger partial charge < -0.3 is 15.2 Å². The number of methoxy groups -OCH3 is 1. The SMILES string of the molecule is COc1ccc(CNC(=O)CC(C)=NNC(=O)c2ccc(O)cc2)cc1. The molecule has 0 spiro atoms. The number of hydrogen-bond acceptors (Lipinski definition) is 5. The monoisotopic (exact) mass is 355 g/mol. The van der Waals surface area contributed by atoms with Crippen LogP contribution in [0.1, 0.15) is 29.3 Å². The van der Waals surface area contributed by atoms with Crippen molar-refractivity contribution >= 4 is 17.5 Å². The highest BCUT2D eigenvalue weighted by atomic mass is 16.5. The van der Waals surface area contributed by atoms with Crippen molar-refractivity contribution < 1.29 is 19.4 Å². The van der Waals surface area contributed by atoms with E-state index in [0.717, 1.165) is 11.3 Å². The molecule has 0 heterocycles. The van der Waals surface area contributed by atoms with Crippen LogP contribution in [0.25, 0.3) is 0 Å². The molecular weight excluding hydrogens is 334 g/mol. The molecule has 136 valence electrons. The van der Waals surface area contributed by atoms with Gasteiger partial charge in [-0.1, -0.05) is 12.1 Å². The third kappa shape index (κ3) is 5.94. The number of nitrogens with one attached hydrogen (secondary N) is 2. The van der Waals surface area contributed by atoms with Crippen LogP contribution in [0.5, 0.6) is 11.5 Å². The molecule has 0 saturated heterocycles. The van der Waals surface area contributed by atoms with Gasteiger partial charge in [-0.25, -0.2) is 5.43 Å². The number of benzene rings is 2. The molecule has 0 unspecified atom stereocenters. The summed E-state index contributed by atoms with van der Waals surface area (Å²) in [6.07, 6.45) is 0.0754. The molecular formula is C19H21N3O4. The molecule has 3 N–H and O–H groups in total. The number of carbonyl (C=O) groups excluding carboxylic acids is 2. The minimum atomic E-state index is -0.414. The first-order chi connectivity index (χ1) is 12.5. The predicted octanol–water partition coefficient (Wildman–Crippen LogP) is 2.21. The van der Waals surface area contributed by atoms with Crippen LogP contribution in [-0.2, 0) is 11.3 Å². The van der Waals surface area contributed by atoms with E-state index in [1.165, 1.54) is 24.3 Å². The lowest BCUT2D eigenvalue weighted by Gasteiger charge is -2.07. The Morgan fingerprint density at radius 1 is 1.08 bits per heavy atom. The van der Waals surface area contributed by atoms with Crippen molar-refractivity contribution in [1.82, 2.24) is 10.7 Å². The van der Waals surface area contributed by atoms with Gasteiger partial charge >= 0.3 is 0 Å². The molecule has 2 aromatic rings. The summed E-state index contributed by atoms with van der Waals surface area (Å²) in [4.78, 5) is 23.8. The number of nitrogens with zero attached hydrogens (tertiary/aromatic N) is 1. The molecule has 0 aliphatic heterocycles. The molecule has 0 saturated carbocycles. The molecule has 0 radical (unpaired) electrons. The number of carbonyl (C=O) groups is 2. The van der Waals surface area contributed by atoms with E-state index in [2.05, 4.69) is 15.8 Å². The summed E-state index contributed by atoms with van der Waals surface area (Å²) in [6.45, 7) is 2.06. The van der Waals surface area contributed by atoms with Crippen LogP contribution in [0.3, 0.4) is 0 Å². The number of phenols is 1. The van der Waals surface area contributed by atoms with Gasteiger partial charge in [-0.05, 0) is 48.9 Å². The van der Waals surface area contributed by atoms with E-state index in [1.54, 1.807) is 14.0 Å². The van der Waals surface area contributed by atoms with Gasteiger partial charge in [0, 0.05) is 17.8 Å². The summed E-state index contributed by atoms with van der Waals surface area (Å²) in [5.74, 6) is 0.228. The van der Waals surface area contributed by atoms with E-state index in [9.17, 15) is 14.7 Å². The molecule has 7 heteroatoms. The average Bonchev–Trinajstić information content (AvgIpc) is 2.65. The summed E-state index contributed by atoms with van der Waals surface area (Å²) >= 11 is 0. The van der Waals surface area contributed by atoms with Gasteiger partial charge in [0.25, 0.3) is 5.91 Å². The maximum atomic E-state index is 11.9. The number of rotatable bonds is 7. The summed E-state index contributed by atoms with van der Waals surface area (Å²) in [7, 11) is 1.60. The van der Waals surface area contributed by atoms with Crippen LogP contribution in [-0.4, -0.2) is 29.7 Å². The van der Waals surface area contributed by atoms with Crippen LogP contribution in [0, 0.1) is 0 Å². The standard InChI is InChI=1S/C19H21N3O4/c1-13(21-22-19(25)15-5-7-16(23)8-6-15)11-18(24)20-12-14-3-9-17(26-2)10-4-14/h3-10,23H,11-12H2,1-2H3,(H,20,24)(H,22,25). The van der Waals surface area contributed by atoms with Crippen LogP contribution >= 0.6 is 0 Å². The second-order valence-electron chi connectivity index (χ2n) is 5.64. The second-order valence-corrected chi connectivity index (χ2v) is 5.64. The summed E-state index contributed by atoms with van der Waals surface area (Å²) in [6, 6.07) is 13.2. The topological polar surface area (TPSA) is 100 Å². The number of hydrogen-bond donors (Lipinski definition) is 3. The Balaban J connectivity index is 1.78. The maximum absolute atomic E-state index is 11.9. The molecule has 0 atom stereocenters. The fraction of sp³-hybridized carbons (Fsp3) is 0.211. The molecule has 0 bridgehead atoms. The van der Waals surface area contributed by atoms with E-state index in [4.69, 9.17) is 4.74 Å². The van der Waals surface area contributed by atoms with Gasteiger partial charge in [-0.15, -0.1) is 0 Å². The molecule has 0 aliphatic rings. The van der Waals surface area contributed by atoms with E-state index in [0.29, 0.717) is 17.8 Å². The second kappa shape index (κ2) is 9.22. The van der Waals surface area contributed by atoms with Crippen LogP contribution in [0.4, 0.5) is 0 Å². The normalized spacial score (nSPS) is 10.9. The largest absolute Gasteiger partial charge is 0.508 e. The number of hydrazone groups is 1. The third-order valence-corrected chi connectivity index (χ3v) is 3.54. The lowest BCUT2D eigenvalue weighted by atomic mass is 10.2. The lowest BCUT2D eigenvalue weighted by molar-refractivity contribution is -0.120. The number of amides is 2. The van der Waals surface area contributed by atoms with Crippen molar-refractivity contribution in [2.75, 3.05) is 7.11 Å². The van der Waals surface area contributed by atoms with Gasteiger partial charge in [0.15, 0.2) is 0 Å². The van der Waals surface area contributed by atoms with E-state index < -0.39 is 5.91 Å². The highest BCUT2D eigenvalue weighted by Crippen LogP contribution is 2.11.